The fraction of sp³-hybridized carbons (Fsp3) is 0.723. The summed E-state index contributed by atoms with van der Waals surface area (Å²) >= 11 is 0. The van der Waals surface area contributed by atoms with E-state index >= 15 is 0 Å². The molecule has 0 amide bonds. The third-order valence-electron chi connectivity index (χ3n) is 12.8. The van der Waals surface area contributed by atoms with E-state index in [1.54, 1.807) is 45.9 Å². The zero-order valence-electron chi connectivity index (χ0n) is 38.7. The summed E-state index contributed by atoms with van der Waals surface area (Å²) in [5, 5.41) is 47.6. The van der Waals surface area contributed by atoms with Gasteiger partial charge in [-0.25, -0.2) is 9.59 Å². The zero-order chi connectivity index (χ0) is 47.6. The summed E-state index contributed by atoms with van der Waals surface area (Å²) in [6, 6.07) is 0. The molecule has 6 bridgehead atoms. The number of methoxy groups -OCH3 is 2. The minimum Gasteiger partial charge on any atom is -0.469 e. The summed E-state index contributed by atoms with van der Waals surface area (Å²) in [5.74, 6) is -8.92. The molecule has 0 saturated carbocycles. The first-order chi connectivity index (χ1) is 29.9. The topological polar surface area (TPSA) is 240 Å². The first-order valence-corrected chi connectivity index (χ1v) is 22.2. The van der Waals surface area contributed by atoms with Crippen LogP contribution >= 0.6 is 0 Å². The van der Waals surface area contributed by atoms with Crippen molar-refractivity contribution in [2.45, 2.75) is 186 Å². The van der Waals surface area contributed by atoms with Crippen LogP contribution in [0.3, 0.4) is 0 Å². The van der Waals surface area contributed by atoms with Gasteiger partial charge in [0.15, 0.2) is 11.9 Å². The van der Waals surface area contributed by atoms with E-state index in [0.717, 1.165) is 12.8 Å². The SMILES string of the molecule is CCC/C=C/C=C/C(=O)O[C@H]1[C@H](CC(=O)OC)C[C@H]2C[C@H]([C@@H](C)O)OC(=O)C[C@H](O)C[C@@H]3C[C@H](OC(C)=O)C(C)(C)[C@](O)(C[C@@H]4C/C(=C/C(=O)OC)C[C@H](/C=C/C(C)(C)[C@]1(O)O2)O4)O3. The van der Waals surface area contributed by atoms with Crippen molar-refractivity contribution in [3.05, 3.63) is 48.1 Å². The van der Waals surface area contributed by atoms with Gasteiger partial charge in [0.2, 0.25) is 5.79 Å². The van der Waals surface area contributed by atoms with Gasteiger partial charge in [0, 0.05) is 56.1 Å². The van der Waals surface area contributed by atoms with Crippen molar-refractivity contribution in [2.24, 2.45) is 16.7 Å². The Morgan fingerprint density at radius 1 is 0.906 bits per heavy atom. The average Bonchev–Trinajstić information content (AvgIpc) is 3.19. The van der Waals surface area contributed by atoms with Gasteiger partial charge in [0.25, 0.3) is 0 Å². The van der Waals surface area contributed by atoms with Gasteiger partial charge in [-0.3, -0.25) is 14.4 Å². The molecule has 17 heteroatoms. The van der Waals surface area contributed by atoms with E-state index in [9.17, 15) is 44.4 Å². The number of hydrogen-bond donors (Lipinski definition) is 4. The molecule has 4 aliphatic rings. The summed E-state index contributed by atoms with van der Waals surface area (Å²) in [6.45, 7) is 11.3. The standard InChI is InChI=1S/C47H70O17/c1-10-11-12-13-14-15-39(51)62-43-31(22-41(53)58-9)21-34-25-37(28(2)48)61-42(54)24-32(50)23-35-26-38(59-29(3)49)45(6,7)46(55,63-35)27-36-19-30(20-40(52)57-8)18-33(60-36)16-17-44(4,5)47(43,56)64-34/h12-17,20,28,31-38,43,48,50,55-56H,10-11,18-19,21-27H2,1-9H3/b13-12+,15-14+,17-16+,30-20+/t28-,31+,32-,33+,34+,35-,36+,37-,38+,43+,46+,47-/m1/s1. The molecule has 64 heavy (non-hydrogen) atoms. The van der Waals surface area contributed by atoms with Gasteiger partial charge in [0.05, 0.1) is 69.1 Å². The highest BCUT2D eigenvalue weighted by atomic mass is 16.7. The first-order valence-electron chi connectivity index (χ1n) is 22.2. The number of carbonyl (C=O) groups is 5. The van der Waals surface area contributed by atoms with E-state index in [-0.39, 0.29) is 51.4 Å². The maximum atomic E-state index is 13.5. The molecule has 0 spiro atoms. The van der Waals surface area contributed by atoms with Gasteiger partial charge in [-0.1, -0.05) is 77.0 Å². The number of aliphatic hydroxyl groups excluding tert-OH is 2. The van der Waals surface area contributed by atoms with E-state index in [1.165, 1.54) is 46.3 Å². The van der Waals surface area contributed by atoms with Gasteiger partial charge < -0.3 is 58.3 Å². The second-order valence-electron chi connectivity index (χ2n) is 18.6. The van der Waals surface area contributed by atoms with Gasteiger partial charge in [-0.05, 0) is 32.6 Å². The van der Waals surface area contributed by atoms with Crippen LogP contribution in [0, 0.1) is 16.7 Å². The summed E-state index contributed by atoms with van der Waals surface area (Å²) in [5.41, 5.74) is -2.11. The molecule has 17 nitrogen and oxygen atoms in total. The second kappa shape index (κ2) is 22.5. The maximum absolute atomic E-state index is 13.5. The number of unbranched alkanes of at least 4 members (excludes halogenated alkanes) is 1. The van der Waals surface area contributed by atoms with Crippen molar-refractivity contribution in [1.29, 1.82) is 0 Å². The molecule has 12 atom stereocenters. The van der Waals surface area contributed by atoms with Crippen LogP contribution in [0.1, 0.15) is 119 Å². The quantitative estimate of drug-likeness (QED) is 0.0783. The Balaban J connectivity index is 1.87. The van der Waals surface area contributed by atoms with Gasteiger partial charge in [-0.2, -0.15) is 0 Å². The lowest BCUT2D eigenvalue weighted by atomic mass is 9.70. The highest BCUT2D eigenvalue weighted by molar-refractivity contribution is 5.83. The summed E-state index contributed by atoms with van der Waals surface area (Å²) in [7, 11) is 2.45. The van der Waals surface area contributed by atoms with Gasteiger partial charge >= 0.3 is 29.8 Å². The molecular formula is C47H70O17. The summed E-state index contributed by atoms with van der Waals surface area (Å²) in [6.07, 6.45) is 1.82. The van der Waals surface area contributed by atoms with E-state index in [2.05, 4.69) is 0 Å². The molecule has 4 N–H and O–H groups in total. The zero-order valence-corrected chi connectivity index (χ0v) is 38.7. The first kappa shape index (κ1) is 52.7. The Hall–Kier alpha value is -3.97. The Morgan fingerprint density at radius 3 is 2.25 bits per heavy atom. The number of cyclic esters (lactones) is 1. The Labute approximate surface area is 376 Å². The van der Waals surface area contributed by atoms with Gasteiger partial charge in [0.1, 0.15) is 12.2 Å². The number of rotatable bonds is 10. The predicted molar refractivity (Wildman–Crippen MR) is 228 cm³/mol. The lowest BCUT2D eigenvalue weighted by Crippen LogP contribution is -2.64. The van der Waals surface area contributed by atoms with Crippen LogP contribution in [0.4, 0.5) is 0 Å². The number of esters is 5. The normalized spacial score (nSPS) is 36.3. The molecule has 0 aromatic carbocycles. The Morgan fingerprint density at radius 2 is 1.61 bits per heavy atom. The van der Waals surface area contributed by atoms with E-state index in [0.29, 0.717) is 5.57 Å². The van der Waals surface area contributed by atoms with E-state index in [1.807, 2.05) is 13.0 Å². The minimum atomic E-state index is -2.40. The fourth-order valence-electron chi connectivity index (χ4n) is 8.96. The summed E-state index contributed by atoms with van der Waals surface area (Å²) < 4.78 is 46.9. The van der Waals surface area contributed by atoms with Crippen LogP contribution in [0.2, 0.25) is 0 Å². The van der Waals surface area contributed by atoms with Crippen LogP contribution in [-0.2, 0) is 61.9 Å². The molecule has 0 aliphatic carbocycles. The number of allylic oxidation sites excluding steroid dienone is 3. The summed E-state index contributed by atoms with van der Waals surface area (Å²) in [4.78, 5) is 64.8. The second-order valence-corrected chi connectivity index (χ2v) is 18.6. The highest BCUT2D eigenvalue weighted by Gasteiger charge is 2.60. The van der Waals surface area contributed by atoms with Crippen molar-refractivity contribution in [1.82, 2.24) is 0 Å². The molecule has 0 radical (unpaired) electrons. The Bertz CT molecular complexity index is 1760. The van der Waals surface area contributed by atoms with Crippen LogP contribution < -0.4 is 0 Å². The number of hydrogen-bond acceptors (Lipinski definition) is 17. The van der Waals surface area contributed by atoms with Crippen LogP contribution in [0.5, 0.6) is 0 Å². The van der Waals surface area contributed by atoms with Crippen LogP contribution in [-0.4, -0.2) is 131 Å². The van der Waals surface area contributed by atoms with Crippen LogP contribution in [0.25, 0.3) is 0 Å². The number of ether oxygens (including phenoxy) is 8. The average molecular weight is 907 g/mol. The monoisotopic (exact) mass is 906 g/mol. The molecule has 0 aromatic rings. The third kappa shape index (κ3) is 13.5. The van der Waals surface area contributed by atoms with Crippen molar-refractivity contribution < 1.29 is 82.3 Å². The molecule has 3 saturated heterocycles. The molecule has 4 aliphatic heterocycles. The van der Waals surface area contributed by atoms with Gasteiger partial charge in [-0.15, -0.1) is 0 Å². The molecular weight excluding hydrogens is 836 g/mol. The molecule has 4 heterocycles. The van der Waals surface area contributed by atoms with Crippen molar-refractivity contribution in [2.75, 3.05) is 14.2 Å². The van der Waals surface area contributed by atoms with E-state index < -0.39 is 120 Å². The lowest BCUT2D eigenvalue weighted by molar-refractivity contribution is -0.352. The lowest BCUT2D eigenvalue weighted by Gasteiger charge is -2.54. The smallest absolute Gasteiger partial charge is 0.331 e. The molecule has 0 unspecified atom stereocenters. The van der Waals surface area contributed by atoms with Crippen molar-refractivity contribution in [3.8, 4) is 0 Å². The highest BCUT2D eigenvalue weighted by Crippen LogP contribution is 2.50. The number of fused-ring (bicyclic) bond motifs is 6. The van der Waals surface area contributed by atoms with Crippen LogP contribution in [0.15, 0.2) is 48.1 Å². The molecule has 3 fully saturated rings. The van der Waals surface area contributed by atoms with Crippen molar-refractivity contribution >= 4 is 29.8 Å². The van der Waals surface area contributed by atoms with Crippen molar-refractivity contribution in [3.63, 3.8) is 0 Å². The molecule has 360 valence electrons. The Kier molecular flexibility index (Phi) is 18.5. The molecule has 4 rings (SSSR count). The fourth-order valence-corrected chi connectivity index (χ4v) is 8.96. The molecule has 0 aromatic heterocycles. The predicted octanol–water partition coefficient (Wildman–Crippen LogP) is 4.36. The minimum absolute atomic E-state index is 0.00442. The maximum Gasteiger partial charge on any atom is 0.331 e. The number of aliphatic hydroxyl groups is 4. The van der Waals surface area contributed by atoms with E-state index in [4.69, 9.17) is 37.9 Å². The third-order valence-corrected chi connectivity index (χ3v) is 12.8. The largest absolute Gasteiger partial charge is 0.469 e. The number of carbonyl (C=O) groups excluding carboxylic acids is 5.